The highest BCUT2D eigenvalue weighted by Gasteiger charge is 2.29. The second-order valence-electron chi connectivity index (χ2n) is 7.54. The molecule has 0 aliphatic heterocycles. The Hall–Kier alpha value is -3.99. The summed E-state index contributed by atoms with van der Waals surface area (Å²) in [6, 6.07) is 23.0. The van der Waals surface area contributed by atoms with Crippen molar-refractivity contribution in [1.29, 1.82) is 0 Å². The molecule has 0 bridgehead atoms. The van der Waals surface area contributed by atoms with E-state index in [4.69, 9.17) is 0 Å². The van der Waals surface area contributed by atoms with Crippen LogP contribution in [0.1, 0.15) is 31.8 Å². The van der Waals surface area contributed by atoms with Gasteiger partial charge in [-0.25, -0.2) is 0 Å². The van der Waals surface area contributed by atoms with Gasteiger partial charge in [-0.05, 0) is 30.2 Å². The Morgan fingerprint density at radius 2 is 1.58 bits per heavy atom. The molecule has 154 valence electrons. The minimum absolute atomic E-state index is 0.129. The number of anilines is 1. The molecule has 0 fully saturated rings. The smallest absolute Gasteiger partial charge is 0.247 e. The SMILES string of the molecule is Cc1cccc(NC(=O)C(Cc2ccccc2)NC2=CC(=O)c3ccccc3C2=O)c1. The minimum Gasteiger partial charge on any atom is -0.370 e. The molecule has 0 spiro atoms. The van der Waals surface area contributed by atoms with Crippen LogP contribution in [0.3, 0.4) is 0 Å². The maximum atomic E-state index is 13.1. The first-order valence-corrected chi connectivity index (χ1v) is 10.1. The number of hydrogen-bond donors (Lipinski definition) is 2. The van der Waals surface area contributed by atoms with Crippen molar-refractivity contribution in [1.82, 2.24) is 5.32 Å². The van der Waals surface area contributed by atoms with Crippen molar-refractivity contribution in [3.05, 3.63) is 113 Å². The average Bonchev–Trinajstić information content (AvgIpc) is 2.77. The van der Waals surface area contributed by atoms with E-state index in [-0.39, 0.29) is 23.2 Å². The molecule has 0 saturated heterocycles. The average molecular weight is 410 g/mol. The molecule has 3 aromatic carbocycles. The Labute approximate surface area is 180 Å². The highest BCUT2D eigenvalue weighted by Crippen LogP contribution is 2.21. The second-order valence-corrected chi connectivity index (χ2v) is 7.54. The predicted octanol–water partition coefficient (Wildman–Crippen LogP) is 4.10. The molecule has 0 heterocycles. The van der Waals surface area contributed by atoms with Crippen molar-refractivity contribution in [3.63, 3.8) is 0 Å². The van der Waals surface area contributed by atoms with Crippen molar-refractivity contribution >= 4 is 23.2 Å². The summed E-state index contributed by atoms with van der Waals surface area (Å²) < 4.78 is 0. The van der Waals surface area contributed by atoms with Gasteiger partial charge in [-0.3, -0.25) is 14.4 Å². The van der Waals surface area contributed by atoms with E-state index in [1.807, 2.05) is 61.5 Å². The largest absolute Gasteiger partial charge is 0.370 e. The van der Waals surface area contributed by atoms with E-state index in [0.717, 1.165) is 11.1 Å². The summed E-state index contributed by atoms with van der Waals surface area (Å²) in [6.45, 7) is 1.95. The normalized spacial score (nSPS) is 13.8. The van der Waals surface area contributed by atoms with Gasteiger partial charge >= 0.3 is 0 Å². The van der Waals surface area contributed by atoms with Gasteiger partial charge in [0.05, 0.1) is 5.70 Å². The van der Waals surface area contributed by atoms with Gasteiger partial charge in [-0.1, -0.05) is 66.7 Å². The first-order chi connectivity index (χ1) is 15.0. The van der Waals surface area contributed by atoms with Crippen LogP contribution in [0.25, 0.3) is 0 Å². The van der Waals surface area contributed by atoms with Gasteiger partial charge in [-0.2, -0.15) is 0 Å². The number of aryl methyl sites for hydroxylation is 1. The van der Waals surface area contributed by atoms with Gasteiger partial charge in [0.15, 0.2) is 5.78 Å². The van der Waals surface area contributed by atoms with Crippen LogP contribution in [0, 0.1) is 6.92 Å². The summed E-state index contributed by atoms with van der Waals surface area (Å²) in [7, 11) is 0. The summed E-state index contributed by atoms with van der Waals surface area (Å²) in [5, 5.41) is 5.95. The van der Waals surface area contributed by atoms with Crippen LogP contribution in [-0.2, 0) is 11.2 Å². The quantitative estimate of drug-likeness (QED) is 0.642. The fraction of sp³-hybridized carbons (Fsp3) is 0.115. The van der Waals surface area contributed by atoms with Gasteiger partial charge in [0.1, 0.15) is 6.04 Å². The third kappa shape index (κ3) is 4.61. The van der Waals surface area contributed by atoms with Crippen molar-refractivity contribution < 1.29 is 14.4 Å². The number of benzene rings is 3. The molecule has 3 aromatic rings. The molecule has 0 aromatic heterocycles. The number of carbonyl (C=O) groups is 3. The Bertz CT molecular complexity index is 1180. The third-order valence-electron chi connectivity index (χ3n) is 5.17. The zero-order valence-corrected chi connectivity index (χ0v) is 17.1. The molecule has 1 unspecified atom stereocenters. The van der Waals surface area contributed by atoms with Crippen molar-refractivity contribution in [2.75, 3.05) is 5.32 Å². The van der Waals surface area contributed by atoms with E-state index < -0.39 is 6.04 Å². The lowest BCUT2D eigenvalue weighted by atomic mass is 9.92. The van der Waals surface area contributed by atoms with Crippen LogP contribution in [0.5, 0.6) is 0 Å². The van der Waals surface area contributed by atoms with Crippen molar-refractivity contribution in [2.45, 2.75) is 19.4 Å². The number of allylic oxidation sites excluding steroid dienone is 2. The van der Waals surface area contributed by atoms with Crippen LogP contribution >= 0.6 is 0 Å². The highest BCUT2D eigenvalue weighted by atomic mass is 16.2. The number of ketones is 2. The van der Waals surface area contributed by atoms with Gasteiger partial charge in [0.25, 0.3) is 0 Å². The van der Waals surface area contributed by atoms with Gasteiger partial charge in [0.2, 0.25) is 11.7 Å². The maximum Gasteiger partial charge on any atom is 0.247 e. The van der Waals surface area contributed by atoms with E-state index >= 15 is 0 Å². The molecule has 0 saturated carbocycles. The fourth-order valence-electron chi connectivity index (χ4n) is 3.62. The summed E-state index contributed by atoms with van der Waals surface area (Å²) >= 11 is 0. The number of fused-ring (bicyclic) bond motifs is 1. The zero-order chi connectivity index (χ0) is 21.8. The topological polar surface area (TPSA) is 75.3 Å². The lowest BCUT2D eigenvalue weighted by molar-refractivity contribution is -0.117. The molecule has 0 radical (unpaired) electrons. The molecule has 1 aliphatic rings. The lowest BCUT2D eigenvalue weighted by Gasteiger charge is -2.23. The van der Waals surface area contributed by atoms with Gasteiger partial charge in [0, 0.05) is 29.3 Å². The number of nitrogens with one attached hydrogen (secondary N) is 2. The van der Waals surface area contributed by atoms with E-state index in [0.29, 0.717) is 23.2 Å². The van der Waals surface area contributed by atoms with E-state index in [9.17, 15) is 14.4 Å². The lowest BCUT2D eigenvalue weighted by Crippen LogP contribution is -2.44. The molecule has 31 heavy (non-hydrogen) atoms. The Kier molecular flexibility index (Phi) is 5.76. The predicted molar refractivity (Wildman–Crippen MR) is 120 cm³/mol. The number of Topliss-reactive ketones (excluding diaryl/α,β-unsaturated/α-hetero) is 1. The summed E-state index contributed by atoms with van der Waals surface area (Å²) in [5.41, 5.74) is 3.49. The molecule has 1 aliphatic carbocycles. The van der Waals surface area contributed by atoms with E-state index in [2.05, 4.69) is 10.6 Å². The Balaban J connectivity index is 1.61. The second kappa shape index (κ2) is 8.79. The number of amides is 1. The maximum absolute atomic E-state index is 13.1. The van der Waals surface area contributed by atoms with Gasteiger partial charge < -0.3 is 10.6 Å². The molecule has 1 atom stereocenters. The molecule has 5 nitrogen and oxygen atoms in total. The van der Waals surface area contributed by atoms with Crippen LogP contribution in [0.4, 0.5) is 5.69 Å². The van der Waals surface area contributed by atoms with E-state index in [1.165, 1.54) is 6.08 Å². The number of carbonyl (C=O) groups excluding carboxylic acids is 3. The first-order valence-electron chi connectivity index (χ1n) is 10.1. The monoisotopic (exact) mass is 410 g/mol. The molecule has 5 heteroatoms. The summed E-state index contributed by atoms with van der Waals surface area (Å²) in [5.74, 6) is -0.832. The van der Waals surface area contributed by atoms with E-state index in [1.54, 1.807) is 24.3 Å². The Morgan fingerprint density at radius 3 is 2.32 bits per heavy atom. The minimum atomic E-state index is -0.740. The van der Waals surface area contributed by atoms with Crippen molar-refractivity contribution in [3.8, 4) is 0 Å². The molecule has 1 amide bonds. The Morgan fingerprint density at radius 1 is 0.871 bits per heavy atom. The van der Waals surface area contributed by atoms with Crippen LogP contribution < -0.4 is 10.6 Å². The molecule has 2 N–H and O–H groups in total. The van der Waals surface area contributed by atoms with Crippen molar-refractivity contribution in [2.24, 2.45) is 0 Å². The van der Waals surface area contributed by atoms with Crippen LogP contribution in [-0.4, -0.2) is 23.5 Å². The zero-order valence-electron chi connectivity index (χ0n) is 17.1. The summed E-state index contributed by atoms with van der Waals surface area (Å²) in [6.07, 6.45) is 1.64. The molecular formula is C26H22N2O3. The highest BCUT2D eigenvalue weighted by molar-refractivity contribution is 6.24. The number of rotatable bonds is 6. The van der Waals surface area contributed by atoms with Crippen LogP contribution in [0.15, 0.2) is 90.6 Å². The first kappa shape index (κ1) is 20.3. The van der Waals surface area contributed by atoms with Crippen LogP contribution in [0.2, 0.25) is 0 Å². The standard InChI is InChI=1S/C26H22N2O3/c1-17-8-7-11-19(14-17)27-26(31)23(15-18-9-3-2-4-10-18)28-22-16-24(29)20-12-5-6-13-21(20)25(22)30/h2-14,16,23,28H,15H2,1H3,(H,27,31). The van der Waals surface area contributed by atoms with Gasteiger partial charge in [-0.15, -0.1) is 0 Å². The third-order valence-corrected chi connectivity index (χ3v) is 5.17. The molecular weight excluding hydrogens is 388 g/mol. The summed E-state index contributed by atoms with van der Waals surface area (Å²) in [4.78, 5) is 38.6. The number of hydrogen-bond acceptors (Lipinski definition) is 4. The molecule has 4 rings (SSSR count). The fourth-order valence-corrected chi connectivity index (χ4v) is 3.62.